The standard InChI is InChI=1S/C12H21N3/c1-3-13-11(7-6-10-4-5-10)12-8-15(2)9-14-12/h8-11,13H,3-7H2,1-2H3. The Hall–Kier alpha value is -0.830. The smallest absolute Gasteiger partial charge is 0.0947 e. The summed E-state index contributed by atoms with van der Waals surface area (Å²) >= 11 is 0. The molecule has 3 nitrogen and oxygen atoms in total. The molecule has 1 unspecified atom stereocenters. The van der Waals surface area contributed by atoms with E-state index < -0.39 is 0 Å². The van der Waals surface area contributed by atoms with Crippen LogP contribution < -0.4 is 5.32 Å². The van der Waals surface area contributed by atoms with E-state index in [1.807, 2.05) is 17.9 Å². The van der Waals surface area contributed by atoms with E-state index in [2.05, 4.69) is 23.4 Å². The van der Waals surface area contributed by atoms with Gasteiger partial charge in [-0.15, -0.1) is 0 Å². The number of aromatic nitrogens is 2. The average Bonchev–Trinajstić information content (AvgIpc) is 2.95. The highest BCUT2D eigenvalue weighted by Crippen LogP contribution is 2.35. The van der Waals surface area contributed by atoms with E-state index in [0.717, 1.165) is 12.5 Å². The van der Waals surface area contributed by atoms with Crippen LogP contribution in [0.5, 0.6) is 0 Å². The Balaban J connectivity index is 1.91. The second kappa shape index (κ2) is 4.79. The normalized spacial score (nSPS) is 18.0. The first-order chi connectivity index (χ1) is 7.29. The van der Waals surface area contributed by atoms with Crippen LogP contribution in [0.2, 0.25) is 0 Å². The third-order valence-electron chi connectivity index (χ3n) is 3.09. The van der Waals surface area contributed by atoms with Crippen molar-refractivity contribution in [1.82, 2.24) is 14.9 Å². The van der Waals surface area contributed by atoms with E-state index in [-0.39, 0.29) is 0 Å². The van der Waals surface area contributed by atoms with Gasteiger partial charge in [-0.05, 0) is 25.3 Å². The lowest BCUT2D eigenvalue weighted by Gasteiger charge is -2.15. The summed E-state index contributed by atoms with van der Waals surface area (Å²) in [6.07, 6.45) is 9.49. The number of rotatable bonds is 6. The van der Waals surface area contributed by atoms with Crippen molar-refractivity contribution in [1.29, 1.82) is 0 Å². The summed E-state index contributed by atoms with van der Waals surface area (Å²) in [5.41, 5.74) is 1.19. The van der Waals surface area contributed by atoms with Crippen molar-refractivity contribution in [2.75, 3.05) is 6.54 Å². The Labute approximate surface area is 91.9 Å². The van der Waals surface area contributed by atoms with Crippen molar-refractivity contribution in [3.8, 4) is 0 Å². The number of aryl methyl sites for hydroxylation is 1. The molecule has 0 saturated heterocycles. The van der Waals surface area contributed by atoms with Crippen LogP contribution in [0.4, 0.5) is 0 Å². The van der Waals surface area contributed by atoms with Crippen molar-refractivity contribution < 1.29 is 0 Å². The minimum atomic E-state index is 0.455. The topological polar surface area (TPSA) is 29.9 Å². The van der Waals surface area contributed by atoms with Gasteiger partial charge >= 0.3 is 0 Å². The zero-order valence-electron chi connectivity index (χ0n) is 9.74. The van der Waals surface area contributed by atoms with E-state index in [9.17, 15) is 0 Å². The van der Waals surface area contributed by atoms with E-state index in [1.54, 1.807) is 0 Å². The molecule has 15 heavy (non-hydrogen) atoms. The van der Waals surface area contributed by atoms with Gasteiger partial charge in [0.05, 0.1) is 18.1 Å². The van der Waals surface area contributed by atoms with Gasteiger partial charge in [0, 0.05) is 13.2 Å². The van der Waals surface area contributed by atoms with Crippen LogP contribution in [0, 0.1) is 5.92 Å². The van der Waals surface area contributed by atoms with Crippen molar-refractivity contribution in [2.24, 2.45) is 13.0 Å². The maximum atomic E-state index is 4.43. The maximum Gasteiger partial charge on any atom is 0.0947 e. The monoisotopic (exact) mass is 207 g/mol. The Kier molecular flexibility index (Phi) is 3.41. The minimum absolute atomic E-state index is 0.455. The van der Waals surface area contributed by atoms with Gasteiger partial charge in [0.25, 0.3) is 0 Å². The molecule has 0 spiro atoms. The van der Waals surface area contributed by atoms with Crippen molar-refractivity contribution >= 4 is 0 Å². The Morgan fingerprint density at radius 1 is 1.60 bits per heavy atom. The first kappa shape index (κ1) is 10.7. The number of hydrogen-bond donors (Lipinski definition) is 1. The summed E-state index contributed by atoms with van der Waals surface area (Å²) in [5.74, 6) is 1.01. The molecule has 3 heteroatoms. The molecular weight excluding hydrogens is 186 g/mol. The van der Waals surface area contributed by atoms with Crippen LogP contribution in [0.25, 0.3) is 0 Å². The fourth-order valence-electron chi connectivity index (χ4n) is 2.02. The predicted octanol–water partition coefficient (Wildman–Crippen LogP) is 2.26. The van der Waals surface area contributed by atoms with Gasteiger partial charge < -0.3 is 9.88 Å². The molecule has 1 aromatic heterocycles. The number of nitrogens with zero attached hydrogens (tertiary/aromatic N) is 2. The average molecular weight is 207 g/mol. The van der Waals surface area contributed by atoms with Crippen molar-refractivity contribution in [3.05, 3.63) is 18.2 Å². The summed E-state index contributed by atoms with van der Waals surface area (Å²) < 4.78 is 2.02. The number of imidazole rings is 1. The van der Waals surface area contributed by atoms with Crippen LogP contribution >= 0.6 is 0 Å². The molecule has 1 atom stereocenters. The number of hydrogen-bond acceptors (Lipinski definition) is 2. The van der Waals surface area contributed by atoms with Gasteiger partial charge in [0.2, 0.25) is 0 Å². The Bertz CT molecular complexity index is 302. The van der Waals surface area contributed by atoms with Gasteiger partial charge in [0.15, 0.2) is 0 Å². The zero-order chi connectivity index (χ0) is 10.7. The second-order valence-corrected chi connectivity index (χ2v) is 4.59. The summed E-state index contributed by atoms with van der Waals surface area (Å²) in [7, 11) is 2.03. The summed E-state index contributed by atoms with van der Waals surface area (Å²) in [6.45, 7) is 3.18. The van der Waals surface area contributed by atoms with E-state index >= 15 is 0 Å². The third-order valence-corrected chi connectivity index (χ3v) is 3.09. The van der Waals surface area contributed by atoms with Gasteiger partial charge in [-0.2, -0.15) is 0 Å². The Morgan fingerprint density at radius 2 is 2.40 bits per heavy atom. The molecule has 1 aliphatic carbocycles. The number of nitrogens with one attached hydrogen (secondary N) is 1. The molecule has 0 aromatic carbocycles. The van der Waals surface area contributed by atoms with Crippen molar-refractivity contribution in [2.45, 2.75) is 38.6 Å². The van der Waals surface area contributed by atoms with E-state index in [1.165, 1.54) is 31.4 Å². The SMILES string of the molecule is CCNC(CCC1CC1)c1cn(C)cn1. The van der Waals surface area contributed by atoms with Gasteiger partial charge in [-0.3, -0.25) is 0 Å². The molecule has 0 bridgehead atoms. The minimum Gasteiger partial charge on any atom is -0.340 e. The fourth-order valence-corrected chi connectivity index (χ4v) is 2.02. The van der Waals surface area contributed by atoms with E-state index in [4.69, 9.17) is 0 Å². The molecule has 1 heterocycles. The molecule has 1 saturated carbocycles. The first-order valence-electron chi connectivity index (χ1n) is 6.01. The zero-order valence-corrected chi connectivity index (χ0v) is 9.74. The highest BCUT2D eigenvalue weighted by molar-refractivity contribution is 5.03. The molecule has 2 rings (SSSR count). The largest absolute Gasteiger partial charge is 0.340 e. The van der Waals surface area contributed by atoms with Crippen LogP contribution in [0.1, 0.15) is 44.3 Å². The summed E-state index contributed by atoms with van der Waals surface area (Å²) in [5, 5.41) is 3.52. The van der Waals surface area contributed by atoms with Gasteiger partial charge in [-0.1, -0.05) is 19.8 Å². The highest BCUT2D eigenvalue weighted by Gasteiger charge is 2.23. The molecular formula is C12H21N3. The van der Waals surface area contributed by atoms with Crippen LogP contribution in [0.3, 0.4) is 0 Å². The maximum absolute atomic E-state index is 4.43. The first-order valence-corrected chi connectivity index (χ1v) is 6.01. The highest BCUT2D eigenvalue weighted by atomic mass is 15.0. The molecule has 0 amide bonds. The fraction of sp³-hybridized carbons (Fsp3) is 0.750. The molecule has 84 valence electrons. The summed E-state index contributed by atoms with van der Waals surface area (Å²) in [6, 6.07) is 0.455. The molecule has 1 aliphatic rings. The molecule has 1 N–H and O–H groups in total. The van der Waals surface area contributed by atoms with Crippen LogP contribution in [-0.2, 0) is 7.05 Å². The molecule has 0 radical (unpaired) electrons. The van der Waals surface area contributed by atoms with Gasteiger partial charge in [0.1, 0.15) is 0 Å². The van der Waals surface area contributed by atoms with Crippen LogP contribution in [-0.4, -0.2) is 16.1 Å². The lowest BCUT2D eigenvalue weighted by atomic mass is 10.1. The molecule has 1 fully saturated rings. The van der Waals surface area contributed by atoms with Crippen LogP contribution in [0.15, 0.2) is 12.5 Å². The van der Waals surface area contributed by atoms with Gasteiger partial charge in [-0.25, -0.2) is 4.98 Å². The lowest BCUT2D eigenvalue weighted by Crippen LogP contribution is -2.21. The van der Waals surface area contributed by atoms with Crippen molar-refractivity contribution in [3.63, 3.8) is 0 Å². The van der Waals surface area contributed by atoms with E-state index in [0.29, 0.717) is 6.04 Å². The third kappa shape index (κ3) is 3.06. The predicted molar refractivity (Wildman–Crippen MR) is 61.6 cm³/mol. The summed E-state index contributed by atoms with van der Waals surface area (Å²) in [4.78, 5) is 4.43. The second-order valence-electron chi connectivity index (χ2n) is 4.59. The molecule has 1 aromatic rings. The lowest BCUT2D eigenvalue weighted by molar-refractivity contribution is 0.473. The Morgan fingerprint density at radius 3 is 2.93 bits per heavy atom. The molecule has 0 aliphatic heterocycles. The quantitative estimate of drug-likeness (QED) is 0.775.